The lowest BCUT2D eigenvalue weighted by molar-refractivity contribution is 0.507. The number of hydrogen-bond donors (Lipinski definition) is 0. The van der Waals surface area contributed by atoms with Gasteiger partial charge >= 0.3 is 0 Å². The number of nitrogens with zero attached hydrogens (tertiary/aromatic N) is 2. The van der Waals surface area contributed by atoms with Gasteiger partial charge in [-0.15, -0.1) is 0 Å². The van der Waals surface area contributed by atoms with Crippen LogP contribution in [-0.4, -0.2) is 4.98 Å². The Morgan fingerprint density at radius 2 is 1.05 bits per heavy atom. The van der Waals surface area contributed by atoms with Gasteiger partial charge in [0.05, 0.1) is 0 Å². The Labute approximate surface area is 333 Å². The lowest BCUT2D eigenvalue weighted by Crippen LogP contribution is -2.19. The number of benzene rings is 8. The van der Waals surface area contributed by atoms with E-state index in [1.54, 1.807) is 0 Å². The van der Waals surface area contributed by atoms with Crippen LogP contribution in [0, 0.1) is 0 Å². The van der Waals surface area contributed by atoms with Gasteiger partial charge in [0.15, 0.2) is 5.58 Å². The number of aryl methyl sites for hydroxylation is 1. The maximum absolute atomic E-state index is 6.44. The van der Waals surface area contributed by atoms with E-state index in [0.29, 0.717) is 11.8 Å². The summed E-state index contributed by atoms with van der Waals surface area (Å²) in [4.78, 5) is 7.52. The zero-order valence-electron chi connectivity index (χ0n) is 31.6. The van der Waals surface area contributed by atoms with E-state index in [1.807, 2.05) is 24.3 Å². The summed E-state index contributed by atoms with van der Waals surface area (Å²) in [5.74, 6) is 1.40. The van der Waals surface area contributed by atoms with Gasteiger partial charge < -0.3 is 9.32 Å². The van der Waals surface area contributed by atoms with Gasteiger partial charge in [0, 0.05) is 22.6 Å². The number of anilines is 3. The molecule has 0 radical (unpaired) electrons. The molecule has 11 rings (SSSR count). The quantitative estimate of drug-likeness (QED) is 0.163. The Morgan fingerprint density at radius 3 is 1.74 bits per heavy atom. The summed E-state index contributed by atoms with van der Waals surface area (Å²) < 4.78 is 6.44. The highest BCUT2D eigenvalue weighted by Crippen LogP contribution is 2.56. The van der Waals surface area contributed by atoms with Gasteiger partial charge in [0.2, 0.25) is 5.89 Å². The summed E-state index contributed by atoms with van der Waals surface area (Å²) >= 11 is 0. The topological polar surface area (TPSA) is 29.3 Å². The molecule has 0 saturated carbocycles. The normalized spacial score (nSPS) is 15.5. The third-order valence-corrected chi connectivity index (χ3v) is 12.1. The zero-order chi connectivity index (χ0) is 37.7. The third-order valence-electron chi connectivity index (χ3n) is 12.1. The average molecular weight is 733 g/mol. The summed E-state index contributed by atoms with van der Waals surface area (Å²) in [6, 6.07) is 70.2. The number of rotatable bonds is 7. The monoisotopic (exact) mass is 732 g/mol. The fourth-order valence-electron chi connectivity index (χ4n) is 9.58. The highest BCUT2D eigenvalue weighted by atomic mass is 16.3. The van der Waals surface area contributed by atoms with Crippen LogP contribution in [0.1, 0.15) is 40.5 Å². The SMILES string of the molecule is c1ccc(-c2ccc(N(c3cc(-c4ccccc4)cc(-c4ccccc4)c3)c3cccc4c3C3CCc5cccc(-c6nc7ccccc7o6)c5C3C4)cc2)cc1. The van der Waals surface area contributed by atoms with Crippen molar-refractivity contribution in [1.29, 1.82) is 0 Å². The van der Waals surface area contributed by atoms with Crippen molar-refractivity contribution in [2.75, 3.05) is 4.90 Å². The Hall–Kier alpha value is -6.97. The van der Waals surface area contributed by atoms with Gasteiger partial charge in [-0.2, -0.15) is 0 Å². The standard InChI is InChI=1S/C54H40N2O/c1-4-14-36(15-5-1)39-26-29-44(30-27-39)56(45-33-42(37-16-6-2-7-17-37)32-43(34-45)38-18-8-3-9-19-38)50-24-13-21-41-35-48-46(53(41)50)31-28-40-20-12-22-47(52(40)48)54-55-49-23-10-11-25-51(49)57-54/h1-27,29-30,32-34,46,48H,28,31,35H2. The first kappa shape index (κ1) is 33.4. The Bertz CT molecular complexity index is 2790. The van der Waals surface area contributed by atoms with Crippen LogP contribution < -0.4 is 4.90 Å². The largest absolute Gasteiger partial charge is 0.436 e. The number of fused-ring (bicyclic) bond motifs is 6. The van der Waals surface area contributed by atoms with Crippen LogP contribution in [0.3, 0.4) is 0 Å². The van der Waals surface area contributed by atoms with Gasteiger partial charge in [0.1, 0.15) is 5.52 Å². The Morgan fingerprint density at radius 1 is 0.456 bits per heavy atom. The molecule has 272 valence electrons. The van der Waals surface area contributed by atoms with Crippen molar-refractivity contribution >= 4 is 28.2 Å². The van der Waals surface area contributed by atoms with Crippen molar-refractivity contribution in [2.45, 2.75) is 31.1 Å². The van der Waals surface area contributed by atoms with Gasteiger partial charge in [-0.05, 0) is 141 Å². The predicted octanol–water partition coefficient (Wildman–Crippen LogP) is 14.3. The molecular weight excluding hydrogens is 693 g/mol. The molecule has 57 heavy (non-hydrogen) atoms. The summed E-state index contributed by atoms with van der Waals surface area (Å²) in [6.45, 7) is 0. The molecule has 8 aromatic carbocycles. The molecule has 2 unspecified atom stereocenters. The van der Waals surface area contributed by atoms with Crippen LogP contribution in [-0.2, 0) is 12.8 Å². The lowest BCUT2D eigenvalue weighted by Gasteiger charge is -2.34. The van der Waals surface area contributed by atoms with E-state index < -0.39 is 0 Å². The van der Waals surface area contributed by atoms with Crippen molar-refractivity contribution in [3.05, 3.63) is 216 Å². The van der Waals surface area contributed by atoms with Crippen LogP contribution >= 0.6 is 0 Å². The van der Waals surface area contributed by atoms with Gasteiger partial charge in [-0.3, -0.25) is 0 Å². The van der Waals surface area contributed by atoms with E-state index in [1.165, 1.54) is 61.3 Å². The van der Waals surface area contributed by atoms with E-state index in [4.69, 9.17) is 9.40 Å². The van der Waals surface area contributed by atoms with Gasteiger partial charge in [-0.25, -0.2) is 4.98 Å². The van der Waals surface area contributed by atoms with Crippen LogP contribution in [0.2, 0.25) is 0 Å². The molecule has 0 bridgehead atoms. The molecular formula is C54H40N2O. The smallest absolute Gasteiger partial charge is 0.227 e. The third kappa shape index (κ3) is 5.95. The molecule has 0 fully saturated rings. The second kappa shape index (κ2) is 14.0. The van der Waals surface area contributed by atoms with Crippen molar-refractivity contribution in [3.8, 4) is 44.8 Å². The van der Waals surface area contributed by atoms with Crippen molar-refractivity contribution in [2.24, 2.45) is 0 Å². The maximum Gasteiger partial charge on any atom is 0.227 e. The second-order valence-electron chi connectivity index (χ2n) is 15.4. The average Bonchev–Trinajstić information content (AvgIpc) is 3.90. The van der Waals surface area contributed by atoms with Crippen molar-refractivity contribution < 1.29 is 4.42 Å². The Balaban J connectivity index is 1.09. The predicted molar refractivity (Wildman–Crippen MR) is 234 cm³/mol. The van der Waals surface area contributed by atoms with Crippen LogP contribution in [0.4, 0.5) is 17.1 Å². The van der Waals surface area contributed by atoms with E-state index >= 15 is 0 Å². The first-order valence-corrected chi connectivity index (χ1v) is 20.1. The number of oxazole rings is 1. The first-order chi connectivity index (χ1) is 28.2. The molecule has 2 aliphatic rings. The van der Waals surface area contributed by atoms with E-state index in [9.17, 15) is 0 Å². The van der Waals surface area contributed by atoms with Crippen LogP contribution in [0.15, 0.2) is 199 Å². The summed E-state index contributed by atoms with van der Waals surface area (Å²) in [7, 11) is 0. The maximum atomic E-state index is 6.44. The number of para-hydroxylation sites is 2. The summed E-state index contributed by atoms with van der Waals surface area (Å²) in [5.41, 5.74) is 19.3. The van der Waals surface area contributed by atoms with Crippen LogP contribution in [0.25, 0.3) is 55.9 Å². The minimum absolute atomic E-state index is 0.328. The fourth-order valence-corrected chi connectivity index (χ4v) is 9.58. The molecule has 0 aliphatic heterocycles. The number of aromatic nitrogens is 1. The fraction of sp³-hybridized carbons (Fsp3) is 0.0926. The molecule has 3 heteroatoms. The van der Waals surface area contributed by atoms with E-state index in [0.717, 1.165) is 53.2 Å². The van der Waals surface area contributed by atoms with E-state index in [2.05, 4.69) is 175 Å². The van der Waals surface area contributed by atoms with Crippen molar-refractivity contribution in [1.82, 2.24) is 4.98 Å². The molecule has 0 amide bonds. The lowest BCUT2D eigenvalue weighted by atomic mass is 9.73. The molecule has 3 nitrogen and oxygen atoms in total. The molecule has 2 atom stereocenters. The minimum atomic E-state index is 0.328. The molecule has 1 heterocycles. The van der Waals surface area contributed by atoms with Gasteiger partial charge in [-0.1, -0.05) is 140 Å². The first-order valence-electron chi connectivity index (χ1n) is 20.1. The summed E-state index contributed by atoms with van der Waals surface area (Å²) in [6.07, 6.45) is 3.10. The zero-order valence-corrected chi connectivity index (χ0v) is 31.6. The summed E-state index contributed by atoms with van der Waals surface area (Å²) in [5, 5.41) is 0. The van der Waals surface area contributed by atoms with Crippen LogP contribution in [0.5, 0.6) is 0 Å². The highest BCUT2D eigenvalue weighted by molar-refractivity contribution is 5.87. The second-order valence-corrected chi connectivity index (χ2v) is 15.4. The highest BCUT2D eigenvalue weighted by Gasteiger charge is 2.41. The molecule has 9 aromatic rings. The van der Waals surface area contributed by atoms with Crippen molar-refractivity contribution in [3.63, 3.8) is 0 Å². The molecule has 0 saturated heterocycles. The molecule has 0 N–H and O–H groups in total. The number of hydrogen-bond acceptors (Lipinski definition) is 3. The van der Waals surface area contributed by atoms with E-state index in [-0.39, 0.29) is 0 Å². The molecule has 0 spiro atoms. The Kier molecular flexibility index (Phi) is 8.17. The van der Waals surface area contributed by atoms with Gasteiger partial charge in [0.25, 0.3) is 0 Å². The minimum Gasteiger partial charge on any atom is -0.436 e. The molecule has 2 aliphatic carbocycles. The molecule has 1 aromatic heterocycles.